The van der Waals surface area contributed by atoms with Crippen molar-refractivity contribution in [1.29, 1.82) is 0 Å². The lowest BCUT2D eigenvalue weighted by Crippen LogP contribution is -2.35. The molecule has 3 aromatic rings. The summed E-state index contributed by atoms with van der Waals surface area (Å²) in [6.45, 7) is 0.471. The van der Waals surface area contributed by atoms with Gasteiger partial charge in [0.05, 0.1) is 6.04 Å². The Morgan fingerprint density at radius 1 is 0.724 bits per heavy atom. The van der Waals surface area contributed by atoms with Crippen LogP contribution >= 0.6 is 12.4 Å². The van der Waals surface area contributed by atoms with Gasteiger partial charge in [-0.05, 0) is 53.1 Å². The maximum atomic E-state index is 13.3. The fourth-order valence-corrected chi connectivity index (χ4v) is 3.22. The molecule has 2 atom stereocenters. The lowest BCUT2D eigenvalue weighted by atomic mass is 9.95. The molecule has 0 bridgehead atoms. The van der Waals surface area contributed by atoms with Crippen molar-refractivity contribution in [3.05, 3.63) is 107 Å². The molecule has 29 heavy (non-hydrogen) atoms. The highest BCUT2D eigenvalue weighted by Crippen LogP contribution is 2.35. The minimum atomic E-state index is -0.313. The van der Waals surface area contributed by atoms with Crippen molar-refractivity contribution >= 4 is 18.4 Å². The number of halogens is 4. The highest BCUT2D eigenvalue weighted by Gasteiger charge is 2.31. The van der Waals surface area contributed by atoms with Crippen LogP contribution in [-0.2, 0) is 6.54 Å². The summed E-state index contributed by atoms with van der Waals surface area (Å²) in [5.41, 5.74) is 2.63. The average molecular weight is 418 g/mol. The first-order valence-electron chi connectivity index (χ1n) is 8.92. The Balaban J connectivity index is 0.00000240. The van der Waals surface area contributed by atoms with Crippen molar-refractivity contribution in [3.8, 4) is 0 Å². The quantitative estimate of drug-likeness (QED) is 0.622. The maximum absolute atomic E-state index is 13.3. The molecule has 0 radical (unpaired) electrons. The molecular formula is C22H19ClF3N3. The standard InChI is InChI=1S/C22H18F3N3.ClH/c23-17-7-1-14(2-8-17)13-26-22-27-20(15-3-9-18(24)10-4-15)21(28-22)16-5-11-19(25)12-6-16;/h1-12,20-21H,13H2,(H2,26,27,28);1H/t20-,21+;. The molecule has 3 nitrogen and oxygen atoms in total. The number of aliphatic imine (C=N–C) groups is 1. The Morgan fingerprint density at radius 3 is 1.76 bits per heavy atom. The molecule has 3 aromatic carbocycles. The highest BCUT2D eigenvalue weighted by atomic mass is 35.5. The third-order valence-electron chi connectivity index (χ3n) is 4.69. The summed E-state index contributed by atoms with van der Waals surface area (Å²) < 4.78 is 39.7. The van der Waals surface area contributed by atoms with Gasteiger partial charge in [0.1, 0.15) is 23.5 Å². The van der Waals surface area contributed by atoms with Crippen LogP contribution in [0.5, 0.6) is 0 Å². The molecule has 1 aliphatic heterocycles. The van der Waals surface area contributed by atoms with Crippen molar-refractivity contribution in [3.63, 3.8) is 0 Å². The summed E-state index contributed by atoms with van der Waals surface area (Å²) in [5.74, 6) is -0.330. The van der Waals surface area contributed by atoms with E-state index in [4.69, 9.17) is 4.99 Å². The van der Waals surface area contributed by atoms with Crippen LogP contribution in [0.15, 0.2) is 77.8 Å². The highest BCUT2D eigenvalue weighted by molar-refractivity contribution is 5.85. The van der Waals surface area contributed by atoms with Gasteiger partial charge in [0.2, 0.25) is 0 Å². The van der Waals surface area contributed by atoms with Gasteiger partial charge in [-0.1, -0.05) is 36.4 Å². The summed E-state index contributed by atoms with van der Waals surface area (Å²) in [6, 6.07) is 18.1. The van der Waals surface area contributed by atoms with E-state index < -0.39 is 0 Å². The second-order valence-electron chi connectivity index (χ2n) is 6.63. The van der Waals surface area contributed by atoms with Gasteiger partial charge in [-0.25, -0.2) is 18.2 Å². The van der Waals surface area contributed by atoms with E-state index in [0.29, 0.717) is 12.5 Å². The van der Waals surface area contributed by atoms with E-state index in [0.717, 1.165) is 16.7 Å². The number of hydrogen-bond acceptors (Lipinski definition) is 3. The van der Waals surface area contributed by atoms with Crippen molar-refractivity contribution in [2.24, 2.45) is 4.99 Å². The first kappa shape index (κ1) is 20.7. The van der Waals surface area contributed by atoms with Gasteiger partial charge in [0.15, 0.2) is 5.96 Å². The minimum Gasteiger partial charge on any atom is -0.352 e. The smallest absolute Gasteiger partial charge is 0.192 e. The number of rotatable bonds is 4. The topological polar surface area (TPSA) is 36.4 Å². The monoisotopic (exact) mass is 417 g/mol. The van der Waals surface area contributed by atoms with Crippen LogP contribution in [0.1, 0.15) is 28.8 Å². The van der Waals surface area contributed by atoms with Gasteiger partial charge in [-0.15, -0.1) is 12.4 Å². The minimum absolute atomic E-state index is 0. The van der Waals surface area contributed by atoms with Crippen LogP contribution in [0.4, 0.5) is 13.2 Å². The number of hydrogen-bond donors (Lipinski definition) is 2. The van der Waals surface area contributed by atoms with Crippen LogP contribution in [0.2, 0.25) is 0 Å². The fraction of sp³-hybridized carbons (Fsp3) is 0.136. The Kier molecular flexibility index (Phi) is 6.44. The Bertz CT molecular complexity index is 974. The number of nitrogens with one attached hydrogen (secondary N) is 2. The number of benzene rings is 3. The Labute approximate surface area is 173 Å². The van der Waals surface area contributed by atoms with Crippen molar-refractivity contribution in [2.75, 3.05) is 0 Å². The summed E-state index contributed by atoms with van der Waals surface area (Å²) in [7, 11) is 0. The number of guanidine groups is 1. The van der Waals surface area contributed by atoms with Gasteiger partial charge in [0.25, 0.3) is 0 Å². The average Bonchev–Trinajstić information content (AvgIpc) is 3.13. The molecular weight excluding hydrogens is 399 g/mol. The van der Waals surface area contributed by atoms with Crippen LogP contribution in [0, 0.1) is 17.5 Å². The summed E-state index contributed by atoms with van der Waals surface area (Å²) in [4.78, 5) is 4.70. The van der Waals surface area contributed by atoms with Crippen molar-refractivity contribution in [2.45, 2.75) is 18.6 Å². The molecule has 0 amide bonds. The van der Waals surface area contributed by atoms with E-state index in [2.05, 4.69) is 10.6 Å². The molecule has 0 saturated heterocycles. The van der Waals surface area contributed by atoms with E-state index >= 15 is 0 Å². The second-order valence-corrected chi connectivity index (χ2v) is 6.63. The Hall–Kier alpha value is -2.99. The SMILES string of the molecule is Cl.Fc1ccc(CNC2=N[C@@H](c3ccc(F)cc3)[C@@H](c3ccc(F)cc3)N2)cc1. The van der Waals surface area contributed by atoms with Gasteiger partial charge >= 0.3 is 0 Å². The fourth-order valence-electron chi connectivity index (χ4n) is 3.22. The van der Waals surface area contributed by atoms with Gasteiger partial charge in [-0.3, -0.25) is 0 Å². The van der Waals surface area contributed by atoms with Crippen molar-refractivity contribution < 1.29 is 13.2 Å². The summed E-state index contributed by atoms with van der Waals surface area (Å²) in [6.07, 6.45) is 0. The van der Waals surface area contributed by atoms with Gasteiger partial charge < -0.3 is 10.6 Å². The predicted octanol–water partition coefficient (Wildman–Crippen LogP) is 5.06. The van der Waals surface area contributed by atoms with E-state index in [-0.39, 0.29) is 41.9 Å². The zero-order valence-electron chi connectivity index (χ0n) is 15.3. The largest absolute Gasteiger partial charge is 0.352 e. The zero-order chi connectivity index (χ0) is 19.5. The molecule has 0 saturated carbocycles. The first-order chi connectivity index (χ1) is 13.6. The molecule has 0 aliphatic carbocycles. The summed E-state index contributed by atoms with van der Waals surface area (Å²) >= 11 is 0. The molecule has 0 aromatic heterocycles. The van der Waals surface area contributed by atoms with Crippen LogP contribution in [-0.4, -0.2) is 5.96 Å². The van der Waals surface area contributed by atoms with E-state index in [1.165, 1.54) is 36.4 Å². The van der Waals surface area contributed by atoms with E-state index in [9.17, 15) is 13.2 Å². The Morgan fingerprint density at radius 2 is 1.21 bits per heavy atom. The lowest BCUT2D eigenvalue weighted by molar-refractivity contribution is 0.563. The lowest BCUT2D eigenvalue weighted by Gasteiger charge is -2.19. The molecule has 7 heteroatoms. The molecule has 0 fully saturated rings. The van der Waals surface area contributed by atoms with Crippen molar-refractivity contribution in [1.82, 2.24) is 10.6 Å². The molecule has 2 N–H and O–H groups in total. The molecule has 0 unspecified atom stereocenters. The molecule has 4 rings (SSSR count). The van der Waals surface area contributed by atoms with Gasteiger partial charge in [-0.2, -0.15) is 0 Å². The molecule has 0 spiro atoms. The zero-order valence-corrected chi connectivity index (χ0v) is 16.1. The van der Waals surface area contributed by atoms with E-state index in [1.54, 1.807) is 36.4 Å². The molecule has 1 aliphatic rings. The third-order valence-corrected chi connectivity index (χ3v) is 4.69. The van der Waals surface area contributed by atoms with Crippen LogP contribution in [0.25, 0.3) is 0 Å². The maximum Gasteiger partial charge on any atom is 0.192 e. The predicted molar refractivity (Wildman–Crippen MR) is 109 cm³/mol. The molecule has 1 heterocycles. The van der Waals surface area contributed by atoms with Gasteiger partial charge in [0, 0.05) is 6.54 Å². The van der Waals surface area contributed by atoms with Crippen LogP contribution < -0.4 is 10.6 Å². The normalized spacial score (nSPS) is 17.8. The van der Waals surface area contributed by atoms with Crippen LogP contribution in [0.3, 0.4) is 0 Å². The van der Waals surface area contributed by atoms with E-state index in [1.807, 2.05) is 0 Å². The number of nitrogens with zero attached hydrogens (tertiary/aromatic N) is 1. The second kappa shape index (κ2) is 9.01. The molecule has 150 valence electrons. The third kappa shape index (κ3) is 4.90. The summed E-state index contributed by atoms with van der Waals surface area (Å²) in [5, 5.41) is 6.53. The first-order valence-corrected chi connectivity index (χ1v) is 8.92.